The van der Waals surface area contributed by atoms with Crippen LogP contribution in [0.25, 0.3) is 6.08 Å². The lowest BCUT2D eigenvalue weighted by Gasteiger charge is -2.45. The van der Waals surface area contributed by atoms with Crippen LogP contribution in [-0.2, 0) is 17.8 Å². The van der Waals surface area contributed by atoms with Crippen molar-refractivity contribution >= 4 is 40.3 Å². The molecule has 4 rings (SSSR count). The molecular formula is C14H14ClN2O2S-. The number of rotatable bonds is 1. The van der Waals surface area contributed by atoms with Crippen LogP contribution in [0.1, 0.15) is 28.8 Å². The van der Waals surface area contributed by atoms with Gasteiger partial charge in [-0.15, -0.1) is 22.9 Å². The summed E-state index contributed by atoms with van der Waals surface area (Å²) in [7, 11) is 0. The van der Waals surface area contributed by atoms with Crippen LogP contribution in [0, 0.1) is 5.21 Å². The highest BCUT2D eigenvalue weighted by Gasteiger charge is 2.36. The van der Waals surface area contributed by atoms with E-state index in [1.807, 2.05) is 6.08 Å². The van der Waals surface area contributed by atoms with Gasteiger partial charge in [-0.05, 0) is 30.9 Å². The molecule has 0 N–H and O–H groups in total. The van der Waals surface area contributed by atoms with E-state index < -0.39 is 0 Å². The monoisotopic (exact) mass is 309 g/mol. The number of halogens is 1. The third-order valence-corrected chi connectivity index (χ3v) is 6.08. The minimum Gasteiger partial charge on any atom is -0.757 e. The largest absolute Gasteiger partial charge is 0.757 e. The lowest BCUT2D eigenvalue weighted by atomic mass is 9.94. The van der Waals surface area contributed by atoms with E-state index in [9.17, 15) is 10.0 Å². The number of thiophene rings is 1. The topological polar surface area (TPSA) is 46.6 Å². The number of carbonyl (C=O) groups excluding carboxylic acids is 1. The molecule has 1 saturated heterocycles. The van der Waals surface area contributed by atoms with Crippen molar-refractivity contribution in [2.75, 3.05) is 11.6 Å². The Bertz CT molecular complexity index is 613. The van der Waals surface area contributed by atoms with Crippen molar-refractivity contribution in [3.05, 3.63) is 26.8 Å². The molecular weight excluding hydrogens is 296 g/mol. The maximum Gasteiger partial charge on any atom is 0.147 e. The van der Waals surface area contributed by atoms with E-state index in [1.54, 1.807) is 0 Å². The van der Waals surface area contributed by atoms with Gasteiger partial charge in [0, 0.05) is 29.1 Å². The van der Waals surface area contributed by atoms with Crippen LogP contribution in [0.15, 0.2) is 5.57 Å². The van der Waals surface area contributed by atoms with Gasteiger partial charge in [0.2, 0.25) is 0 Å². The maximum atomic E-state index is 12.5. The van der Waals surface area contributed by atoms with E-state index in [0.29, 0.717) is 12.0 Å². The SMILES string of the molecule is O=CC1=Cc2sc3c(c2CC1Cl)CN1CCCC1N3[O-]. The maximum absolute atomic E-state index is 12.5. The van der Waals surface area contributed by atoms with Gasteiger partial charge >= 0.3 is 0 Å². The first kappa shape index (κ1) is 12.8. The average Bonchev–Trinajstić information content (AvgIpc) is 3.03. The van der Waals surface area contributed by atoms with Gasteiger partial charge in [0.15, 0.2) is 0 Å². The molecule has 0 amide bonds. The highest BCUT2D eigenvalue weighted by Crippen LogP contribution is 2.46. The Morgan fingerprint density at radius 1 is 1.45 bits per heavy atom. The zero-order valence-corrected chi connectivity index (χ0v) is 12.4. The zero-order valence-electron chi connectivity index (χ0n) is 10.8. The highest BCUT2D eigenvalue weighted by molar-refractivity contribution is 7.17. The molecule has 2 atom stereocenters. The van der Waals surface area contributed by atoms with Crippen molar-refractivity contribution in [3.63, 3.8) is 0 Å². The number of hydrogen-bond donors (Lipinski definition) is 0. The third-order valence-electron chi connectivity index (χ3n) is 4.47. The molecule has 3 heterocycles. The lowest BCUT2D eigenvalue weighted by molar-refractivity contribution is -0.104. The Kier molecular flexibility index (Phi) is 2.93. The number of fused-ring (bicyclic) bond motifs is 4. The van der Waals surface area contributed by atoms with Crippen LogP contribution in [0.3, 0.4) is 0 Å². The summed E-state index contributed by atoms with van der Waals surface area (Å²) < 4.78 is 0. The summed E-state index contributed by atoms with van der Waals surface area (Å²) in [6, 6.07) is 0. The van der Waals surface area contributed by atoms with Gasteiger partial charge < -0.3 is 10.3 Å². The van der Waals surface area contributed by atoms with E-state index in [2.05, 4.69) is 4.90 Å². The second-order valence-electron chi connectivity index (χ2n) is 5.58. The Morgan fingerprint density at radius 2 is 2.30 bits per heavy atom. The Morgan fingerprint density at radius 3 is 3.10 bits per heavy atom. The predicted octanol–water partition coefficient (Wildman–Crippen LogP) is 2.73. The second kappa shape index (κ2) is 4.56. The Labute approximate surface area is 126 Å². The second-order valence-corrected chi connectivity index (χ2v) is 7.14. The summed E-state index contributed by atoms with van der Waals surface area (Å²) in [6.07, 6.45) is 5.37. The number of hydroxylamine groups is 1. The molecule has 0 aromatic carbocycles. The molecule has 20 heavy (non-hydrogen) atoms. The molecule has 6 heteroatoms. The molecule has 0 saturated carbocycles. The van der Waals surface area contributed by atoms with E-state index in [1.165, 1.54) is 22.0 Å². The van der Waals surface area contributed by atoms with Gasteiger partial charge in [-0.25, -0.2) is 0 Å². The molecule has 0 spiro atoms. The van der Waals surface area contributed by atoms with Gasteiger partial charge in [0.25, 0.3) is 0 Å². The third kappa shape index (κ3) is 1.70. The fourth-order valence-corrected chi connectivity index (χ4v) is 4.95. The van der Waals surface area contributed by atoms with Gasteiger partial charge in [-0.2, -0.15) is 0 Å². The van der Waals surface area contributed by atoms with Gasteiger partial charge in [0.05, 0.1) is 16.5 Å². The molecule has 3 aliphatic rings. The molecule has 0 bridgehead atoms. The van der Waals surface area contributed by atoms with Gasteiger partial charge in [-0.1, -0.05) is 0 Å². The van der Waals surface area contributed by atoms with Crippen LogP contribution in [-0.4, -0.2) is 29.3 Å². The Balaban J connectivity index is 1.81. The molecule has 0 radical (unpaired) electrons. The standard InChI is InChI=1S/C14H14ClN2O2S/c15-11-5-9-10-6-16-3-1-2-13(16)17(19)14(10)20-12(9)4-8(11)7-18/h4,7,11,13H,1-3,5-6H2/q-1. The van der Waals surface area contributed by atoms with Crippen molar-refractivity contribution < 1.29 is 4.79 Å². The average molecular weight is 310 g/mol. The van der Waals surface area contributed by atoms with Gasteiger partial charge in [0.1, 0.15) is 6.29 Å². The summed E-state index contributed by atoms with van der Waals surface area (Å²) in [5, 5.41) is 14.2. The number of anilines is 1. The molecule has 106 valence electrons. The minimum atomic E-state index is -0.268. The van der Waals surface area contributed by atoms with Crippen LogP contribution in [0.5, 0.6) is 0 Å². The highest BCUT2D eigenvalue weighted by atomic mass is 35.5. The number of nitrogens with zero attached hydrogens (tertiary/aromatic N) is 2. The molecule has 1 aromatic heterocycles. The molecule has 1 aromatic rings. The molecule has 4 nitrogen and oxygen atoms in total. The number of carbonyl (C=O) groups is 1. The van der Waals surface area contributed by atoms with Crippen molar-refractivity contribution in [2.45, 2.75) is 37.4 Å². The lowest BCUT2D eigenvalue weighted by Crippen LogP contribution is -2.44. The summed E-state index contributed by atoms with van der Waals surface area (Å²) in [6.45, 7) is 1.84. The Hall–Kier alpha value is -0.880. The predicted molar refractivity (Wildman–Crippen MR) is 81.0 cm³/mol. The summed E-state index contributed by atoms with van der Waals surface area (Å²) in [5.41, 5.74) is 2.92. The fourth-order valence-electron chi connectivity index (χ4n) is 3.43. The normalized spacial score (nSPS) is 28.7. The summed E-state index contributed by atoms with van der Waals surface area (Å²) in [5.74, 6) is 0. The number of aldehydes is 1. The van der Waals surface area contributed by atoms with Crippen LogP contribution >= 0.6 is 22.9 Å². The summed E-state index contributed by atoms with van der Waals surface area (Å²) in [4.78, 5) is 14.3. The number of allylic oxidation sites excluding steroid dienone is 1. The van der Waals surface area contributed by atoms with Crippen LogP contribution in [0.2, 0.25) is 0 Å². The summed E-state index contributed by atoms with van der Waals surface area (Å²) >= 11 is 7.77. The van der Waals surface area contributed by atoms with Crippen molar-refractivity contribution in [1.82, 2.24) is 4.90 Å². The zero-order chi connectivity index (χ0) is 13.9. The van der Waals surface area contributed by atoms with Crippen LogP contribution in [0.4, 0.5) is 5.00 Å². The van der Waals surface area contributed by atoms with Crippen molar-refractivity contribution in [3.8, 4) is 0 Å². The van der Waals surface area contributed by atoms with Gasteiger partial charge in [-0.3, -0.25) is 9.69 Å². The van der Waals surface area contributed by atoms with E-state index in [-0.39, 0.29) is 11.5 Å². The van der Waals surface area contributed by atoms with Crippen molar-refractivity contribution in [1.29, 1.82) is 0 Å². The first-order valence-corrected chi connectivity index (χ1v) is 8.10. The molecule has 1 fully saturated rings. The van der Waals surface area contributed by atoms with E-state index in [4.69, 9.17) is 11.6 Å². The fraction of sp³-hybridized carbons (Fsp3) is 0.500. The first-order valence-electron chi connectivity index (χ1n) is 6.85. The quantitative estimate of drug-likeness (QED) is 0.591. The number of hydrogen-bond acceptors (Lipinski definition) is 5. The molecule has 1 aliphatic carbocycles. The van der Waals surface area contributed by atoms with E-state index in [0.717, 1.165) is 47.7 Å². The first-order chi connectivity index (χ1) is 9.69. The number of alkyl halides is 1. The van der Waals surface area contributed by atoms with E-state index >= 15 is 0 Å². The smallest absolute Gasteiger partial charge is 0.147 e. The molecule has 2 aliphatic heterocycles. The van der Waals surface area contributed by atoms with Crippen molar-refractivity contribution in [2.24, 2.45) is 0 Å². The minimum absolute atomic E-state index is 0.00363. The molecule has 2 unspecified atom stereocenters. The van der Waals surface area contributed by atoms with Crippen LogP contribution < -0.4 is 5.06 Å².